The van der Waals surface area contributed by atoms with E-state index in [2.05, 4.69) is 0 Å². The molecule has 0 radical (unpaired) electrons. The van der Waals surface area contributed by atoms with E-state index in [0.29, 0.717) is 15.6 Å². The summed E-state index contributed by atoms with van der Waals surface area (Å²) >= 11 is 1.22. The molecule has 3 nitrogen and oxygen atoms in total. The highest BCUT2D eigenvalue weighted by atomic mass is 32.2. The minimum Gasteiger partial charge on any atom is -0.326 e. The SMILES string of the molecule is NCc1ccc(S(=O)(=O)c2ccccc2)s1. The summed E-state index contributed by atoms with van der Waals surface area (Å²) in [4.78, 5) is 1.19. The Labute approximate surface area is 98.5 Å². The van der Waals surface area contributed by atoms with E-state index in [9.17, 15) is 8.42 Å². The summed E-state index contributed by atoms with van der Waals surface area (Å²) in [5, 5.41) is 0. The molecule has 1 aromatic carbocycles. The van der Waals surface area contributed by atoms with Crippen molar-refractivity contribution in [2.75, 3.05) is 0 Å². The highest BCUT2D eigenvalue weighted by Crippen LogP contribution is 2.27. The first-order valence-electron chi connectivity index (χ1n) is 4.73. The van der Waals surface area contributed by atoms with Crippen LogP contribution in [-0.2, 0) is 16.4 Å². The van der Waals surface area contributed by atoms with Gasteiger partial charge in [-0.05, 0) is 24.3 Å². The fourth-order valence-electron chi connectivity index (χ4n) is 1.33. The van der Waals surface area contributed by atoms with Crippen LogP contribution >= 0.6 is 11.3 Å². The molecule has 1 heterocycles. The molecule has 1 aromatic heterocycles. The van der Waals surface area contributed by atoms with Gasteiger partial charge in [0.2, 0.25) is 9.84 Å². The Morgan fingerprint density at radius 1 is 1.06 bits per heavy atom. The Hall–Kier alpha value is -1.17. The monoisotopic (exact) mass is 253 g/mol. The van der Waals surface area contributed by atoms with Gasteiger partial charge in [0.05, 0.1) is 4.90 Å². The predicted octanol–water partition coefficient (Wildman–Crippen LogP) is 2.04. The molecule has 2 rings (SSSR count). The lowest BCUT2D eigenvalue weighted by molar-refractivity contribution is 0.598. The molecule has 0 aliphatic carbocycles. The van der Waals surface area contributed by atoms with Crippen LogP contribution in [0, 0.1) is 0 Å². The fourth-order valence-corrected chi connectivity index (χ4v) is 3.99. The molecular weight excluding hydrogens is 242 g/mol. The lowest BCUT2D eigenvalue weighted by atomic mass is 10.4. The van der Waals surface area contributed by atoms with Gasteiger partial charge in [-0.1, -0.05) is 18.2 Å². The zero-order chi connectivity index (χ0) is 11.6. The fraction of sp³-hybridized carbons (Fsp3) is 0.0909. The molecule has 0 saturated carbocycles. The van der Waals surface area contributed by atoms with Gasteiger partial charge in [-0.25, -0.2) is 8.42 Å². The largest absolute Gasteiger partial charge is 0.326 e. The number of hydrogen-bond donors (Lipinski definition) is 1. The third-order valence-electron chi connectivity index (χ3n) is 2.16. The number of rotatable bonds is 3. The zero-order valence-electron chi connectivity index (χ0n) is 8.46. The molecule has 0 amide bonds. The average molecular weight is 253 g/mol. The Morgan fingerprint density at radius 2 is 1.75 bits per heavy atom. The van der Waals surface area contributed by atoms with Crippen LogP contribution in [0.5, 0.6) is 0 Å². The van der Waals surface area contributed by atoms with Crippen LogP contribution in [-0.4, -0.2) is 8.42 Å². The average Bonchev–Trinajstić information content (AvgIpc) is 2.79. The molecule has 0 aliphatic heterocycles. The number of benzene rings is 1. The highest BCUT2D eigenvalue weighted by Gasteiger charge is 2.18. The van der Waals surface area contributed by atoms with Gasteiger partial charge < -0.3 is 5.73 Å². The maximum Gasteiger partial charge on any atom is 0.215 e. The Balaban J connectivity index is 2.47. The molecule has 0 atom stereocenters. The van der Waals surface area contributed by atoms with Gasteiger partial charge >= 0.3 is 0 Å². The van der Waals surface area contributed by atoms with Gasteiger partial charge in [0.15, 0.2) is 0 Å². The van der Waals surface area contributed by atoms with E-state index in [-0.39, 0.29) is 0 Å². The van der Waals surface area contributed by atoms with E-state index >= 15 is 0 Å². The topological polar surface area (TPSA) is 60.2 Å². The zero-order valence-corrected chi connectivity index (χ0v) is 10.1. The van der Waals surface area contributed by atoms with E-state index < -0.39 is 9.84 Å². The first kappa shape index (κ1) is 11.3. The van der Waals surface area contributed by atoms with Gasteiger partial charge in [-0.15, -0.1) is 11.3 Å². The summed E-state index contributed by atoms with van der Waals surface area (Å²) in [7, 11) is -3.37. The molecule has 0 spiro atoms. The van der Waals surface area contributed by atoms with Crippen molar-refractivity contribution in [3.05, 3.63) is 47.3 Å². The summed E-state index contributed by atoms with van der Waals surface area (Å²) in [6.07, 6.45) is 0. The third-order valence-corrected chi connectivity index (χ3v) is 5.53. The van der Waals surface area contributed by atoms with Crippen LogP contribution in [0.15, 0.2) is 51.6 Å². The number of sulfone groups is 1. The maximum atomic E-state index is 12.1. The van der Waals surface area contributed by atoms with E-state index in [1.807, 2.05) is 0 Å². The van der Waals surface area contributed by atoms with Crippen molar-refractivity contribution < 1.29 is 8.42 Å². The Kier molecular flexibility index (Phi) is 3.09. The maximum absolute atomic E-state index is 12.1. The van der Waals surface area contributed by atoms with E-state index in [1.165, 1.54) is 11.3 Å². The quantitative estimate of drug-likeness (QED) is 0.910. The van der Waals surface area contributed by atoms with Crippen molar-refractivity contribution in [2.24, 2.45) is 5.73 Å². The van der Waals surface area contributed by atoms with Crippen LogP contribution < -0.4 is 5.73 Å². The third kappa shape index (κ3) is 2.02. The predicted molar refractivity (Wildman–Crippen MR) is 64.1 cm³/mol. The standard InChI is InChI=1S/C11H11NO2S2/c12-8-9-6-7-11(15-9)16(13,14)10-4-2-1-3-5-10/h1-7H,8,12H2. The van der Waals surface area contributed by atoms with E-state index in [4.69, 9.17) is 5.73 Å². The van der Waals surface area contributed by atoms with Crippen LogP contribution in [0.1, 0.15) is 4.88 Å². The van der Waals surface area contributed by atoms with Crippen molar-refractivity contribution in [1.82, 2.24) is 0 Å². The molecule has 5 heteroatoms. The van der Waals surface area contributed by atoms with Crippen LogP contribution in [0.25, 0.3) is 0 Å². The van der Waals surface area contributed by atoms with Crippen molar-refractivity contribution in [1.29, 1.82) is 0 Å². The van der Waals surface area contributed by atoms with Crippen LogP contribution in [0.2, 0.25) is 0 Å². The Bertz CT molecular complexity index is 573. The normalized spacial score (nSPS) is 11.6. The molecule has 0 unspecified atom stereocenters. The van der Waals surface area contributed by atoms with Crippen molar-refractivity contribution in [2.45, 2.75) is 15.6 Å². The summed E-state index contributed by atoms with van der Waals surface area (Å²) in [5.74, 6) is 0. The molecule has 0 aliphatic rings. The van der Waals surface area contributed by atoms with Crippen molar-refractivity contribution >= 4 is 21.2 Å². The van der Waals surface area contributed by atoms with E-state index in [1.54, 1.807) is 42.5 Å². The van der Waals surface area contributed by atoms with Gasteiger partial charge in [0.25, 0.3) is 0 Å². The van der Waals surface area contributed by atoms with Crippen molar-refractivity contribution in [3.8, 4) is 0 Å². The number of nitrogens with two attached hydrogens (primary N) is 1. The molecular formula is C11H11NO2S2. The molecule has 0 bridgehead atoms. The minimum atomic E-state index is -3.37. The van der Waals surface area contributed by atoms with Gasteiger partial charge in [-0.2, -0.15) is 0 Å². The Morgan fingerprint density at radius 3 is 2.31 bits per heavy atom. The smallest absolute Gasteiger partial charge is 0.215 e. The molecule has 2 N–H and O–H groups in total. The lowest BCUT2D eigenvalue weighted by Crippen LogP contribution is -1.98. The van der Waals surface area contributed by atoms with Gasteiger partial charge in [0, 0.05) is 11.4 Å². The second-order valence-corrected chi connectivity index (χ2v) is 6.59. The summed E-state index contributed by atoms with van der Waals surface area (Å²) in [6.45, 7) is 0.370. The minimum absolute atomic E-state index is 0.320. The number of thiophene rings is 1. The van der Waals surface area contributed by atoms with Gasteiger partial charge in [-0.3, -0.25) is 0 Å². The van der Waals surface area contributed by atoms with Crippen molar-refractivity contribution in [3.63, 3.8) is 0 Å². The second-order valence-electron chi connectivity index (χ2n) is 3.24. The summed E-state index contributed by atoms with van der Waals surface area (Å²) in [6, 6.07) is 11.8. The molecule has 0 saturated heterocycles. The lowest BCUT2D eigenvalue weighted by Gasteiger charge is -2.00. The molecule has 2 aromatic rings. The summed E-state index contributed by atoms with van der Waals surface area (Å²) in [5.41, 5.74) is 5.46. The second kappa shape index (κ2) is 4.37. The molecule has 84 valence electrons. The number of hydrogen-bond acceptors (Lipinski definition) is 4. The van der Waals surface area contributed by atoms with Gasteiger partial charge in [0.1, 0.15) is 4.21 Å². The van der Waals surface area contributed by atoms with Crippen LogP contribution in [0.3, 0.4) is 0 Å². The first-order chi connectivity index (χ1) is 7.64. The molecule has 16 heavy (non-hydrogen) atoms. The first-order valence-corrected chi connectivity index (χ1v) is 7.03. The molecule has 0 fully saturated rings. The van der Waals surface area contributed by atoms with E-state index in [0.717, 1.165) is 4.88 Å². The summed E-state index contributed by atoms with van der Waals surface area (Å²) < 4.78 is 24.6. The van der Waals surface area contributed by atoms with Crippen LogP contribution in [0.4, 0.5) is 0 Å². The highest BCUT2D eigenvalue weighted by molar-refractivity contribution is 7.93.